The monoisotopic (exact) mass is 235 g/mol. The molecule has 3 rings (SSSR count). The fraction of sp³-hybridized carbons (Fsp3) is 0.182. The third kappa shape index (κ3) is 1.21. The van der Waals surface area contributed by atoms with Gasteiger partial charge >= 0.3 is 0 Å². The Kier molecular flexibility index (Phi) is 1.77. The molecule has 0 amide bonds. The van der Waals surface area contributed by atoms with E-state index in [2.05, 4.69) is 0 Å². The lowest BCUT2D eigenvalue weighted by Gasteiger charge is -2.10. The van der Waals surface area contributed by atoms with E-state index in [0.717, 1.165) is 16.6 Å². The van der Waals surface area contributed by atoms with Crippen LogP contribution in [0.15, 0.2) is 36.5 Å². The predicted octanol–water partition coefficient (Wildman–Crippen LogP) is 0.864. The van der Waals surface area contributed by atoms with E-state index in [1.54, 1.807) is 0 Å². The molecule has 2 aromatic rings. The normalized spacial score (nSPS) is 14.7. The van der Waals surface area contributed by atoms with Crippen LogP contribution in [0.25, 0.3) is 10.9 Å². The third-order valence-electron chi connectivity index (χ3n) is 2.82. The van der Waals surface area contributed by atoms with Crippen molar-refractivity contribution < 1.29 is 13.0 Å². The minimum atomic E-state index is -3.20. The minimum absolute atomic E-state index is 0.371. The zero-order valence-corrected chi connectivity index (χ0v) is 9.61. The molecule has 0 atom stereocenters. The molecule has 0 radical (unpaired) electrons. The maximum Gasteiger partial charge on any atom is 0.238 e. The summed E-state index contributed by atoms with van der Waals surface area (Å²) in [7, 11) is -3.20. The van der Waals surface area contributed by atoms with Crippen molar-refractivity contribution in [2.45, 2.75) is 6.67 Å². The average Bonchev–Trinajstić information content (AvgIpc) is 2.60. The molecule has 1 aliphatic rings. The summed E-state index contributed by atoms with van der Waals surface area (Å²) in [4.78, 5) is 0. The SMILES string of the molecule is CS(=O)(=O)N1C[n+]2cccc3cccc1c32. The molecule has 0 fully saturated rings. The van der Waals surface area contributed by atoms with Crippen LogP contribution in [0.1, 0.15) is 0 Å². The first-order valence-electron chi connectivity index (χ1n) is 4.96. The second-order valence-corrected chi connectivity index (χ2v) is 5.85. The summed E-state index contributed by atoms with van der Waals surface area (Å²) in [5.41, 5.74) is 1.75. The number of anilines is 1. The number of hydrogen-bond acceptors (Lipinski definition) is 2. The fourth-order valence-corrected chi connectivity index (χ4v) is 2.98. The highest BCUT2D eigenvalue weighted by molar-refractivity contribution is 7.92. The molecule has 1 aliphatic heterocycles. The van der Waals surface area contributed by atoms with E-state index >= 15 is 0 Å². The molecule has 1 aromatic carbocycles. The Labute approximate surface area is 93.8 Å². The Bertz CT molecular complexity index is 674. The maximum atomic E-state index is 11.7. The Morgan fingerprint density at radius 1 is 1.25 bits per heavy atom. The maximum absolute atomic E-state index is 11.7. The second-order valence-electron chi connectivity index (χ2n) is 3.95. The lowest BCUT2D eigenvalue weighted by molar-refractivity contribution is -0.662. The first-order chi connectivity index (χ1) is 7.57. The molecule has 4 nitrogen and oxygen atoms in total. The molecule has 0 aliphatic carbocycles. The highest BCUT2D eigenvalue weighted by Crippen LogP contribution is 2.29. The average molecular weight is 235 g/mol. The van der Waals surface area contributed by atoms with Gasteiger partial charge in [0.1, 0.15) is 5.69 Å². The Hall–Kier alpha value is -1.62. The number of nitrogens with zero attached hydrogens (tertiary/aromatic N) is 2. The van der Waals surface area contributed by atoms with Crippen LogP contribution in [0.5, 0.6) is 0 Å². The van der Waals surface area contributed by atoms with Gasteiger partial charge in [-0.15, -0.1) is 0 Å². The summed E-state index contributed by atoms with van der Waals surface area (Å²) in [6.07, 6.45) is 3.13. The van der Waals surface area contributed by atoms with Crippen LogP contribution in [0.4, 0.5) is 5.69 Å². The van der Waals surface area contributed by atoms with Crippen LogP contribution in [0.2, 0.25) is 0 Å². The Balaban J connectivity index is 2.38. The molecule has 16 heavy (non-hydrogen) atoms. The predicted molar refractivity (Wildman–Crippen MR) is 61.5 cm³/mol. The summed E-state index contributed by atoms with van der Waals surface area (Å²) in [5.74, 6) is 0. The number of benzene rings is 1. The minimum Gasteiger partial charge on any atom is -0.207 e. The van der Waals surface area contributed by atoms with Gasteiger partial charge in [0.15, 0.2) is 6.20 Å². The van der Waals surface area contributed by atoms with Crippen molar-refractivity contribution in [2.75, 3.05) is 10.6 Å². The number of rotatable bonds is 1. The summed E-state index contributed by atoms with van der Waals surface area (Å²) >= 11 is 0. The van der Waals surface area contributed by atoms with Crippen LogP contribution >= 0.6 is 0 Å². The number of para-hydroxylation sites is 1. The van der Waals surface area contributed by atoms with Gasteiger partial charge in [0.2, 0.25) is 22.2 Å². The summed E-state index contributed by atoms with van der Waals surface area (Å²) < 4.78 is 26.7. The number of sulfonamides is 1. The highest BCUT2D eigenvalue weighted by atomic mass is 32.2. The van der Waals surface area contributed by atoms with E-state index < -0.39 is 10.0 Å². The topological polar surface area (TPSA) is 41.3 Å². The van der Waals surface area contributed by atoms with Crippen molar-refractivity contribution in [3.05, 3.63) is 36.5 Å². The van der Waals surface area contributed by atoms with Gasteiger partial charge < -0.3 is 0 Å². The number of hydrogen-bond donors (Lipinski definition) is 0. The quantitative estimate of drug-likeness (QED) is 0.688. The molecule has 1 aromatic heterocycles. The van der Waals surface area contributed by atoms with Crippen molar-refractivity contribution in [1.29, 1.82) is 0 Å². The number of aromatic nitrogens is 1. The van der Waals surface area contributed by atoms with Gasteiger partial charge in [-0.3, -0.25) is 0 Å². The molecule has 82 valence electrons. The zero-order valence-electron chi connectivity index (χ0n) is 8.79. The van der Waals surface area contributed by atoms with E-state index in [9.17, 15) is 8.42 Å². The first-order valence-corrected chi connectivity index (χ1v) is 6.81. The summed E-state index contributed by atoms with van der Waals surface area (Å²) in [6, 6.07) is 9.62. The van der Waals surface area contributed by atoms with Gasteiger partial charge in [0.05, 0.1) is 6.26 Å². The van der Waals surface area contributed by atoms with Crippen molar-refractivity contribution in [3.63, 3.8) is 0 Å². The van der Waals surface area contributed by atoms with Gasteiger partial charge in [-0.25, -0.2) is 12.7 Å². The molecule has 2 heterocycles. The van der Waals surface area contributed by atoms with Gasteiger partial charge in [-0.05, 0) is 18.2 Å². The van der Waals surface area contributed by atoms with Gasteiger partial charge in [-0.1, -0.05) is 6.07 Å². The Morgan fingerprint density at radius 3 is 2.75 bits per heavy atom. The van der Waals surface area contributed by atoms with E-state index in [0.29, 0.717) is 6.67 Å². The van der Waals surface area contributed by atoms with E-state index in [1.807, 2.05) is 41.1 Å². The standard InChI is InChI=1S/C11H11N2O2S/c1-16(14,15)13-8-12-7-3-5-9-4-2-6-10(13)11(9)12/h2-7H,8H2,1H3/q+1. The van der Waals surface area contributed by atoms with Crippen LogP contribution in [-0.2, 0) is 16.7 Å². The third-order valence-corrected chi connectivity index (χ3v) is 3.94. The largest absolute Gasteiger partial charge is 0.238 e. The highest BCUT2D eigenvalue weighted by Gasteiger charge is 2.33. The lowest BCUT2D eigenvalue weighted by atomic mass is 10.2. The van der Waals surface area contributed by atoms with Gasteiger partial charge in [0, 0.05) is 11.5 Å². The van der Waals surface area contributed by atoms with Gasteiger partial charge in [0.25, 0.3) is 0 Å². The fourth-order valence-electron chi connectivity index (χ4n) is 2.14. The van der Waals surface area contributed by atoms with Gasteiger partial charge in [-0.2, -0.15) is 4.57 Å². The van der Waals surface area contributed by atoms with Crippen molar-refractivity contribution in [3.8, 4) is 0 Å². The van der Waals surface area contributed by atoms with Crippen LogP contribution < -0.4 is 8.87 Å². The molecule has 0 unspecified atom stereocenters. The van der Waals surface area contributed by atoms with Crippen molar-refractivity contribution in [1.82, 2.24) is 0 Å². The molecule has 0 bridgehead atoms. The molecule has 0 N–H and O–H groups in total. The molecule has 0 saturated carbocycles. The molecular weight excluding hydrogens is 224 g/mol. The zero-order chi connectivity index (χ0) is 11.3. The molecular formula is C11H11N2O2S+. The molecule has 0 saturated heterocycles. The summed E-state index contributed by atoms with van der Waals surface area (Å²) in [6.45, 7) is 0.371. The van der Waals surface area contributed by atoms with Crippen molar-refractivity contribution >= 4 is 26.6 Å². The molecule has 5 heteroatoms. The Morgan fingerprint density at radius 2 is 2.00 bits per heavy atom. The molecule has 0 spiro atoms. The number of pyridine rings is 1. The van der Waals surface area contributed by atoms with E-state index in [-0.39, 0.29) is 0 Å². The van der Waals surface area contributed by atoms with Crippen LogP contribution in [-0.4, -0.2) is 14.7 Å². The van der Waals surface area contributed by atoms with E-state index in [4.69, 9.17) is 0 Å². The van der Waals surface area contributed by atoms with Crippen LogP contribution in [0, 0.1) is 0 Å². The first kappa shape index (κ1) is 9.59. The van der Waals surface area contributed by atoms with Crippen molar-refractivity contribution in [2.24, 2.45) is 0 Å². The second kappa shape index (κ2) is 2.95. The smallest absolute Gasteiger partial charge is 0.207 e. The lowest BCUT2D eigenvalue weighted by Crippen LogP contribution is -2.39. The van der Waals surface area contributed by atoms with E-state index in [1.165, 1.54) is 10.6 Å². The summed E-state index contributed by atoms with van der Waals surface area (Å²) in [5, 5.41) is 1.06. The van der Waals surface area contributed by atoms with Crippen LogP contribution in [0.3, 0.4) is 0 Å².